The lowest BCUT2D eigenvalue weighted by atomic mass is 9.79. The van der Waals surface area contributed by atoms with E-state index in [-0.39, 0.29) is 5.92 Å². The van der Waals surface area contributed by atoms with Crippen molar-refractivity contribution in [3.05, 3.63) is 59.2 Å². The maximum Gasteiger partial charge on any atom is 0.326 e. The average molecular weight is 383 g/mol. The Morgan fingerprint density at radius 2 is 1.89 bits per heavy atom. The van der Waals surface area contributed by atoms with Crippen LogP contribution >= 0.6 is 0 Å². The number of hydrogen-bond donors (Lipinski definition) is 2. The lowest BCUT2D eigenvalue weighted by Gasteiger charge is -2.28. The highest BCUT2D eigenvalue weighted by molar-refractivity contribution is 5.97. The topological polar surface area (TPSA) is 84.9 Å². The van der Waals surface area contributed by atoms with Gasteiger partial charge in [0.2, 0.25) is 0 Å². The maximum absolute atomic E-state index is 12.6. The zero-order valence-electron chi connectivity index (χ0n) is 16.1. The molecule has 0 bridgehead atoms. The molecule has 1 aliphatic carbocycles. The van der Waals surface area contributed by atoms with Gasteiger partial charge in [0.1, 0.15) is 6.04 Å². The van der Waals surface area contributed by atoms with E-state index in [1.165, 1.54) is 25.3 Å². The molecule has 1 amide bonds. The van der Waals surface area contributed by atoms with Crippen molar-refractivity contribution >= 4 is 11.9 Å². The maximum atomic E-state index is 12.6. The molecule has 0 heterocycles. The van der Waals surface area contributed by atoms with Crippen LogP contribution in [0.3, 0.4) is 0 Å². The molecule has 0 radical (unpaired) electrons. The van der Waals surface area contributed by atoms with Gasteiger partial charge in [0.15, 0.2) is 11.5 Å². The quantitative estimate of drug-likeness (QED) is 0.765. The van der Waals surface area contributed by atoms with Gasteiger partial charge < -0.3 is 19.9 Å². The van der Waals surface area contributed by atoms with E-state index in [1.807, 2.05) is 12.1 Å². The Balaban J connectivity index is 1.75. The van der Waals surface area contributed by atoms with Crippen molar-refractivity contribution in [2.24, 2.45) is 0 Å². The molecule has 2 atom stereocenters. The van der Waals surface area contributed by atoms with Crippen molar-refractivity contribution in [1.82, 2.24) is 5.32 Å². The third kappa shape index (κ3) is 4.27. The molecule has 1 aliphatic rings. The molecule has 0 spiro atoms. The summed E-state index contributed by atoms with van der Waals surface area (Å²) in [6, 6.07) is 11.9. The number of carbonyl (C=O) groups excluding carboxylic acids is 1. The van der Waals surface area contributed by atoms with E-state index in [2.05, 4.69) is 17.4 Å². The van der Waals surface area contributed by atoms with Crippen LogP contribution in [0, 0.1) is 0 Å². The minimum atomic E-state index is -1.03. The fourth-order valence-corrected chi connectivity index (χ4v) is 3.82. The fourth-order valence-electron chi connectivity index (χ4n) is 3.82. The van der Waals surface area contributed by atoms with E-state index in [0.717, 1.165) is 19.3 Å². The molecule has 0 saturated carbocycles. The first kappa shape index (κ1) is 19.7. The van der Waals surface area contributed by atoms with E-state index in [1.54, 1.807) is 18.2 Å². The predicted molar refractivity (Wildman–Crippen MR) is 105 cm³/mol. The molecule has 3 rings (SSSR count). The number of amides is 1. The standard InChI is InChI=1S/C22H25NO5/c1-27-19-11-10-16(13-20(19)28-2)21(24)23-18(22(25)26)12-15-8-5-7-14-6-3-4-9-17(14)15/h3-4,6,9-11,13,15,18H,5,7-8,12H2,1-2H3,(H,23,24)(H,25,26). The van der Waals surface area contributed by atoms with Crippen LogP contribution < -0.4 is 14.8 Å². The number of carbonyl (C=O) groups is 2. The summed E-state index contributed by atoms with van der Waals surface area (Å²) in [5.41, 5.74) is 2.79. The van der Waals surface area contributed by atoms with Crippen molar-refractivity contribution in [2.75, 3.05) is 14.2 Å². The number of carboxylic acid groups (broad SMARTS) is 1. The highest BCUT2D eigenvalue weighted by atomic mass is 16.5. The van der Waals surface area contributed by atoms with Gasteiger partial charge in [0.05, 0.1) is 14.2 Å². The van der Waals surface area contributed by atoms with Crippen LogP contribution in [-0.4, -0.2) is 37.2 Å². The van der Waals surface area contributed by atoms with Gasteiger partial charge in [-0.15, -0.1) is 0 Å². The van der Waals surface area contributed by atoms with Gasteiger partial charge in [-0.25, -0.2) is 4.79 Å². The van der Waals surface area contributed by atoms with E-state index in [4.69, 9.17) is 9.47 Å². The molecule has 2 aromatic carbocycles. The molecule has 2 unspecified atom stereocenters. The van der Waals surface area contributed by atoms with Gasteiger partial charge in [-0.3, -0.25) is 4.79 Å². The highest BCUT2D eigenvalue weighted by Gasteiger charge is 2.28. The van der Waals surface area contributed by atoms with Gasteiger partial charge in [-0.05, 0) is 60.9 Å². The van der Waals surface area contributed by atoms with E-state index >= 15 is 0 Å². The third-order valence-electron chi connectivity index (χ3n) is 5.26. The molecule has 0 fully saturated rings. The molecule has 0 aliphatic heterocycles. The second kappa shape index (κ2) is 8.78. The van der Waals surface area contributed by atoms with Gasteiger partial charge >= 0.3 is 5.97 Å². The van der Waals surface area contributed by atoms with Crippen LogP contribution in [0.15, 0.2) is 42.5 Å². The summed E-state index contributed by atoms with van der Waals surface area (Å²) in [6.45, 7) is 0. The van der Waals surface area contributed by atoms with Crippen molar-refractivity contribution < 1.29 is 24.2 Å². The number of aryl methyl sites for hydroxylation is 1. The summed E-state index contributed by atoms with van der Waals surface area (Å²) in [7, 11) is 3.00. The third-order valence-corrected chi connectivity index (χ3v) is 5.26. The monoisotopic (exact) mass is 383 g/mol. The second-order valence-electron chi connectivity index (χ2n) is 6.96. The number of aliphatic carboxylic acids is 1. The lowest BCUT2D eigenvalue weighted by molar-refractivity contribution is -0.139. The minimum absolute atomic E-state index is 0.122. The van der Waals surface area contributed by atoms with Crippen molar-refractivity contribution in [3.63, 3.8) is 0 Å². The summed E-state index contributed by atoms with van der Waals surface area (Å²) >= 11 is 0. The van der Waals surface area contributed by atoms with Crippen LogP contribution in [0.1, 0.15) is 46.7 Å². The normalized spacial score (nSPS) is 16.6. The smallest absolute Gasteiger partial charge is 0.326 e. The number of fused-ring (bicyclic) bond motifs is 1. The molecule has 0 saturated heterocycles. The number of rotatable bonds is 7. The zero-order chi connectivity index (χ0) is 20.1. The van der Waals surface area contributed by atoms with Gasteiger partial charge in [-0.1, -0.05) is 24.3 Å². The fraction of sp³-hybridized carbons (Fsp3) is 0.364. The SMILES string of the molecule is COc1ccc(C(=O)NC(CC2CCCc3ccccc32)C(=O)O)cc1OC. The van der Waals surface area contributed by atoms with Gasteiger partial charge in [0.25, 0.3) is 5.91 Å². The van der Waals surface area contributed by atoms with Crippen LogP contribution in [0.4, 0.5) is 0 Å². The lowest BCUT2D eigenvalue weighted by Crippen LogP contribution is -2.42. The Labute approximate surface area is 164 Å². The summed E-state index contributed by atoms with van der Waals surface area (Å²) in [6.07, 6.45) is 3.33. The van der Waals surface area contributed by atoms with Gasteiger partial charge in [-0.2, -0.15) is 0 Å². The Kier molecular flexibility index (Phi) is 6.19. The van der Waals surface area contributed by atoms with Crippen LogP contribution in [-0.2, 0) is 11.2 Å². The number of hydrogen-bond acceptors (Lipinski definition) is 4. The zero-order valence-corrected chi connectivity index (χ0v) is 16.1. The van der Waals surface area contributed by atoms with Crippen LogP contribution in [0.25, 0.3) is 0 Å². The van der Waals surface area contributed by atoms with Gasteiger partial charge in [0, 0.05) is 5.56 Å². The molecule has 2 aromatic rings. The first-order valence-electron chi connectivity index (χ1n) is 9.37. The largest absolute Gasteiger partial charge is 0.493 e. The summed E-state index contributed by atoms with van der Waals surface area (Å²) in [4.78, 5) is 24.5. The van der Waals surface area contributed by atoms with E-state index in [0.29, 0.717) is 23.5 Å². The molecular formula is C22H25NO5. The first-order chi connectivity index (χ1) is 13.5. The Morgan fingerprint density at radius 1 is 1.14 bits per heavy atom. The predicted octanol–water partition coefficient (Wildman–Crippen LogP) is 3.40. The number of ether oxygens (including phenoxy) is 2. The minimum Gasteiger partial charge on any atom is -0.493 e. The van der Waals surface area contributed by atoms with Crippen LogP contribution in [0.5, 0.6) is 11.5 Å². The Hall–Kier alpha value is -3.02. The second-order valence-corrected chi connectivity index (χ2v) is 6.96. The van der Waals surface area contributed by atoms with E-state index < -0.39 is 17.9 Å². The molecule has 6 heteroatoms. The molecule has 0 aromatic heterocycles. The Morgan fingerprint density at radius 3 is 2.61 bits per heavy atom. The average Bonchev–Trinajstić information content (AvgIpc) is 2.72. The highest BCUT2D eigenvalue weighted by Crippen LogP contribution is 2.35. The van der Waals surface area contributed by atoms with Crippen molar-refractivity contribution in [1.29, 1.82) is 0 Å². The van der Waals surface area contributed by atoms with Crippen molar-refractivity contribution in [2.45, 2.75) is 37.6 Å². The Bertz CT molecular complexity index is 864. The summed E-state index contributed by atoms with van der Waals surface area (Å²) in [5.74, 6) is -0.429. The molecule has 148 valence electrons. The number of methoxy groups -OCH3 is 2. The molecule has 6 nitrogen and oxygen atoms in total. The molecule has 28 heavy (non-hydrogen) atoms. The number of benzene rings is 2. The number of carboxylic acids is 1. The molecule has 2 N–H and O–H groups in total. The number of nitrogens with one attached hydrogen (secondary N) is 1. The first-order valence-corrected chi connectivity index (χ1v) is 9.37. The van der Waals surface area contributed by atoms with Crippen molar-refractivity contribution in [3.8, 4) is 11.5 Å². The summed E-state index contributed by atoms with van der Waals surface area (Å²) < 4.78 is 10.4. The summed E-state index contributed by atoms with van der Waals surface area (Å²) in [5, 5.41) is 12.3. The van der Waals surface area contributed by atoms with E-state index in [9.17, 15) is 14.7 Å². The molecular weight excluding hydrogens is 358 g/mol. The van der Waals surface area contributed by atoms with Crippen LogP contribution in [0.2, 0.25) is 0 Å².